The van der Waals surface area contributed by atoms with E-state index in [1.807, 2.05) is 0 Å². The number of fused-ring (bicyclic) bond motifs is 4. The van der Waals surface area contributed by atoms with Crippen molar-refractivity contribution in [2.24, 2.45) is 0 Å². The summed E-state index contributed by atoms with van der Waals surface area (Å²) < 4.78 is 2.34. The highest BCUT2D eigenvalue weighted by Gasteiger charge is 2.20. The standard InChI is InChI=1S/C39H28N2/c1-2-37-40-34-22-12-13-23-36(34)41(37)35-25-24-33(27-16-6-7-17-28(27)35)39-31-20-10-8-18-29(31)38(26-14-4-3-5-15-26)30-19-9-11-21-32(30)39/h3-25H,2H2,1H3. The van der Waals surface area contributed by atoms with E-state index in [1.165, 1.54) is 60.3 Å². The SMILES string of the molecule is CCc1nc2ccccc2n1-c1ccc(-c2c3ccccc3c(-c3ccccc3)c3ccccc23)c2ccccc12. The highest BCUT2D eigenvalue weighted by atomic mass is 15.1. The average Bonchev–Trinajstić information content (AvgIpc) is 3.42. The second-order valence-electron chi connectivity index (χ2n) is 10.6. The van der Waals surface area contributed by atoms with Gasteiger partial charge in [0, 0.05) is 11.8 Å². The Kier molecular flexibility index (Phi) is 5.46. The first-order chi connectivity index (χ1) is 20.3. The van der Waals surface area contributed by atoms with Crippen LogP contribution in [0.5, 0.6) is 0 Å². The summed E-state index contributed by atoms with van der Waals surface area (Å²) in [5.74, 6) is 1.08. The lowest BCUT2D eigenvalue weighted by Crippen LogP contribution is -2.01. The van der Waals surface area contributed by atoms with Crippen LogP contribution in [-0.4, -0.2) is 9.55 Å². The van der Waals surface area contributed by atoms with Gasteiger partial charge in [-0.25, -0.2) is 4.98 Å². The maximum absolute atomic E-state index is 4.98. The number of para-hydroxylation sites is 2. The Morgan fingerprint density at radius 2 is 1.02 bits per heavy atom. The Bertz CT molecular complexity index is 2180. The van der Waals surface area contributed by atoms with Crippen molar-refractivity contribution in [2.45, 2.75) is 13.3 Å². The Hall–Kier alpha value is -5.21. The quantitative estimate of drug-likeness (QED) is 0.209. The first-order valence-electron chi connectivity index (χ1n) is 14.3. The minimum Gasteiger partial charge on any atom is -0.296 e. The van der Waals surface area contributed by atoms with Crippen LogP contribution < -0.4 is 0 Å². The summed E-state index contributed by atoms with van der Waals surface area (Å²) in [4.78, 5) is 4.98. The van der Waals surface area contributed by atoms with Gasteiger partial charge in [0.2, 0.25) is 0 Å². The first-order valence-corrected chi connectivity index (χ1v) is 14.3. The number of nitrogens with zero attached hydrogens (tertiary/aromatic N) is 2. The van der Waals surface area contributed by atoms with E-state index in [4.69, 9.17) is 4.98 Å². The van der Waals surface area contributed by atoms with Crippen LogP contribution in [-0.2, 0) is 6.42 Å². The predicted octanol–water partition coefficient (Wildman–Crippen LogP) is 10.4. The van der Waals surface area contributed by atoms with Gasteiger partial charge < -0.3 is 0 Å². The van der Waals surface area contributed by atoms with Crippen LogP contribution in [0.3, 0.4) is 0 Å². The van der Waals surface area contributed by atoms with Gasteiger partial charge in [0.25, 0.3) is 0 Å². The average molecular weight is 525 g/mol. The zero-order chi connectivity index (χ0) is 27.3. The third-order valence-electron chi connectivity index (χ3n) is 8.35. The van der Waals surface area contributed by atoms with Gasteiger partial charge in [-0.15, -0.1) is 0 Å². The molecule has 0 aliphatic carbocycles. The van der Waals surface area contributed by atoms with Crippen LogP contribution >= 0.6 is 0 Å². The molecule has 0 spiro atoms. The molecule has 2 heteroatoms. The van der Waals surface area contributed by atoms with Gasteiger partial charge in [-0.05, 0) is 67.4 Å². The van der Waals surface area contributed by atoms with Crippen molar-refractivity contribution < 1.29 is 0 Å². The van der Waals surface area contributed by atoms with E-state index in [0.29, 0.717) is 0 Å². The van der Waals surface area contributed by atoms with E-state index >= 15 is 0 Å². The molecule has 0 amide bonds. The Balaban J connectivity index is 1.49. The lowest BCUT2D eigenvalue weighted by molar-refractivity contribution is 0.913. The van der Waals surface area contributed by atoms with Crippen LogP contribution in [0.4, 0.5) is 0 Å². The Morgan fingerprint density at radius 1 is 0.488 bits per heavy atom. The molecule has 8 rings (SSSR count). The fourth-order valence-corrected chi connectivity index (χ4v) is 6.61. The molecule has 0 bridgehead atoms. The molecule has 1 heterocycles. The zero-order valence-corrected chi connectivity index (χ0v) is 22.9. The lowest BCUT2D eigenvalue weighted by Gasteiger charge is -2.20. The molecule has 0 fully saturated rings. The maximum atomic E-state index is 4.98. The molecule has 0 saturated carbocycles. The van der Waals surface area contributed by atoms with Crippen LogP contribution in [0.15, 0.2) is 140 Å². The summed E-state index contributed by atoms with van der Waals surface area (Å²) in [7, 11) is 0. The fourth-order valence-electron chi connectivity index (χ4n) is 6.61. The van der Waals surface area contributed by atoms with Crippen LogP contribution in [0.2, 0.25) is 0 Å². The molecule has 8 aromatic rings. The molecule has 0 aliphatic heterocycles. The smallest absolute Gasteiger partial charge is 0.114 e. The molecule has 7 aromatic carbocycles. The predicted molar refractivity (Wildman–Crippen MR) is 174 cm³/mol. The van der Waals surface area contributed by atoms with Gasteiger partial charge in [0.05, 0.1) is 16.7 Å². The molecular weight excluding hydrogens is 496 g/mol. The summed E-state index contributed by atoms with van der Waals surface area (Å²) in [6.45, 7) is 2.18. The van der Waals surface area contributed by atoms with Crippen molar-refractivity contribution in [3.05, 3.63) is 145 Å². The van der Waals surface area contributed by atoms with Gasteiger partial charge >= 0.3 is 0 Å². The van der Waals surface area contributed by atoms with E-state index < -0.39 is 0 Å². The highest BCUT2D eigenvalue weighted by molar-refractivity contribution is 6.23. The highest BCUT2D eigenvalue weighted by Crippen LogP contribution is 2.46. The van der Waals surface area contributed by atoms with Gasteiger partial charge in [0.1, 0.15) is 5.82 Å². The Labute approximate surface area is 239 Å². The van der Waals surface area contributed by atoms with Crippen molar-refractivity contribution in [3.8, 4) is 27.9 Å². The fraction of sp³-hybridized carbons (Fsp3) is 0.0513. The summed E-state index contributed by atoms with van der Waals surface area (Å²) in [5.41, 5.74) is 8.41. The number of benzene rings is 7. The minimum absolute atomic E-state index is 0.862. The normalized spacial score (nSPS) is 11.6. The van der Waals surface area contributed by atoms with E-state index in [9.17, 15) is 0 Å². The minimum atomic E-state index is 0.862. The van der Waals surface area contributed by atoms with Gasteiger partial charge in [-0.3, -0.25) is 4.57 Å². The lowest BCUT2D eigenvalue weighted by atomic mass is 9.84. The maximum Gasteiger partial charge on any atom is 0.114 e. The molecule has 0 saturated heterocycles. The van der Waals surface area contributed by atoms with Gasteiger partial charge in [0.15, 0.2) is 0 Å². The summed E-state index contributed by atoms with van der Waals surface area (Å²) in [6.07, 6.45) is 0.862. The largest absolute Gasteiger partial charge is 0.296 e. The van der Waals surface area contributed by atoms with Crippen molar-refractivity contribution in [2.75, 3.05) is 0 Å². The molecule has 0 radical (unpaired) electrons. The third kappa shape index (κ3) is 3.61. The van der Waals surface area contributed by atoms with E-state index in [0.717, 1.165) is 23.3 Å². The van der Waals surface area contributed by atoms with Crippen molar-refractivity contribution >= 4 is 43.4 Å². The van der Waals surface area contributed by atoms with Crippen LogP contribution in [0, 0.1) is 0 Å². The molecule has 0 unspecified atom stereocenters. The van der Waals surface area contributed by atoms with Gasteiger partial charge in [-0.1, -0.05) is 128 Å². The third-order valence-corrected chi connectivity index (χ3v) is 8.35. The zero-order valence-electron chi connectivity index (χ0n) is 22.9. The molecular formula is C39H28N2. The van der Waals surface area contributed by atoms with E-state index in [-0.39, 0.29) is 0 Å². The first kappa shape index (κ1) is 23.7. The molecule has 0 aliphatic rings. The number of aromatic nitrogens is 2. The van der Waals surface area contributed by atoms with Crippen LogP contribution in [0.25, 0.3) is 71.3 Å². The molecule has 194 valence electrons. The summed E-state index contributed by atoms with van der Waals surface area (Å²) in [6, 6.07) is 50.4. The van der Waals surface area contributed by atoms with Crippen molar-refractivity contribution in [1.82, 2.24) is 9.55 Å². The molecule has 0 atom stereocenters. The van der Waals surface area contributed by atoms with E-state index in [2.05, 4.69) is 151 Å². The number of aryl methyl sites for hydroxylation is 1. The number of hydrogen-bond donors (Lipinski definition) is 0. The number of imidazole rings is 1. The van der Waals surface area contributed by atoms with Crippen molar-refractivity contribution in [1.29, 1.82) is 0 Å². The molecule has 2 nitrogen and oxygen atoms in total. The summed E-state index contributed by atoms with van der Waals surface area (Å²) >= 11 is 0. The molecule has 1 aromatic heterocycles. The van der Waals surface area contributed by atoms with Crippen LogP contribution in [0.1, 0.15) is 12.7 Å². The number of hydrogen-bond acceptors (Lipinski definition) is 1. The molecule has 41 heavy (non-hydrogen) atoms. The van der Waals surface area contributed by atoms with E-state index in [1.54, 1.807) is 0 Å². The Morgan fingerprint density at radius 3 is 1.68 bits per heavy atom. The van der Waals surface area contributed by atoms with Crippen molar-refractivity contribution in [3.63, 3.8) is 0 Å². The second kappa shape index (κ2) is 9.46. The summed E-state index contributed by atoms with van der Waals surface area (Å²) in [5, 5.41) is 7.55. The molecule has 0 N–H and O–H groups in total. The topological polar surface area (TPSA) is 17.8 Å². The monoisotopic (exact) mass is 524 g/mol. The number of rotatable bonds is 4. The second-order valence-corrected chi connectivity index (χ2v) is 10.6. The van der Waals surface area contributed by atoms with Gasteiger partial charge in [-0.2, -0.15) is 0 Å².